The van der Waals surface area contributed by atoms with E-state index in [1.54, 1.807) is 13.0 Å². The molecule has 0 spiro atoms. The Morgan fingerprint density at radius 3 is 2.52 bits per heavy atom. The number of aryl methyl sites for hydroxylation is 3. The predicted octanol–water partition coefficient (Wildman–Crippen LogP) is 5.34. The number of nitrogens with one attached hydrogen (secondary N) is 1. The van der Waals surface area contributed by atoms with Gasteiger partial charge in [0.05, 0.1) is 11.3 Å². The van der Waals surface area contributed by atoms with Gasteiger partial charge in [0.25, 0.3) is 5.91 Å². The monoisotopic (exact) mass is 390 g/mol. The average molecular weight is 391 g/mol. The van der Waals surface area contributed by atoms with E-state index in [2.05, 4.69) is 26.2 Å². The summed E-state index contributed by atoms with van der Waals surface area (Å²) in [5.41, 5.74) is 2.45. The van der Waals surface area contributed by atoms with Crippen LogP contribution in [-0.4, -0.2) is 10.9 Å². The van der Waals surface area contributed by atoms with Crippen LogP contribution in [0.2, 0.25) is 0 Å². The van der Waals surface area contributed by atoms with Gasteiger partial charge in [-0.25, -0.2) is 4.98 Å². The first-order chi connectivity index (χ1) is 10.9. The summed E-state index contributed by atoms with van der Waals surface area (Å²) in [6, 6.07) is 9.69. The molecule has 0 unspecified atom stereocenters. The Morgan fingerprint density at radius 1 is 1.22 bits per heavy atom. The highest BCUT2D eigenvalue weighted by atomic mass is 79.9. The molecule has 0 aliphatic carbocycles. The number of amides is 1. The molecule has 1 amide bonds. The Kier molecular flexibility index (Phi) is 4.37. The van der Waals surface area contributed by atoms with Crippen LogP contribution in [0.3, 0.4) is 0 Å². The number of nitrogens with zero attached hydrogens (tertiary/aromatic N) is 1. The lowest BCUT2D eigenvalue weighted by Gasteiger charge is -2.00. The molecule has 0 aliphatic heterocycles. The van der Waals surface area contributed by atoms with Gasteiger partial charge in [-0.3, -0.25) is 10.1 Å². The molecule has 2 heterocycles. The van der Waals surface area contributed by atoms with E-state index in [9.17, 15) is 4.79 Å². The highest BCUT2D eigenvalue weighted by Gasteiger charge is 2.16. The summed E-state index contributed by atoms with van der Waals surface area (Å²) in [7, 11) is 0. The van der Waals surface area contributed by atoms with E-state index in [4.69, 9.17) is 4.42 Å². The first-order valence-corrected chi connectivity index (χ1v) is 8.67. The van der Waals surface area contributed by atoms with E-state index >= 15 is 0 Å². The van der Waals surface area contributed by atoms with Gasteiger partial charge < -0.3 is 4.42 Å². The maximum absolute atomic E-state index is 12.3. The van der Waals surface area contributed by atoms with Crippen LogP contribution in [0.25, 0.3) is 11.3 Å². The number of halogens is 1. The standard InChI is InChI=1S/C17H15BrN2O2S/c1-9-8-14(10(2)22-9)16(21)20-17-19-15(11(3)23-17)12-4-6-13(18)7-5-12/h4-8H,1-3H3,(H,19,20,21). The molecule has 1 aromatic carbocycles. The zero-order valence-electron chi connectivity index (χ0n) is 12.9. The summed E-state index contributed by atoms with van der Waals surface area (Å²) in [5, 5.41) is 3.44. The molecule has 3 rings (SSSR count). The molecule has 23 heavy (non-hydrogen) atoms. The Hall–Kier alpha value is -1.92. The summed E-state index contributed by atoms with van der Waals surface area (Å²) in [4.78, 5) is 17.9. The van der Waals surface area contributed by atoms with Gasteiger partial charge >= 0.3 is 0 Å². The van der Waals surface area contributed by atoms with E-state index in [1.165, 1.54) is 11.3 Å². The lowest BCUT2D eigenvalue weighted by molar-refractivity contribution is 0.102. The number of furan rings is 1. The van der Waals surface area contributed by atoms with Crippen molar-refractivity contribution in [3.8, 4) is 11.3 Å². The van der Waals surface area contributed by atoms with Crippen LogP contribution in [0.1, 0.15) is 26.8 Å². The molecule has 118 valence electrons. The van der Waals surface area contributed by atoms with Gasteiger partial charge in [0.1, 0.15) is 11.5 Å². The fraction of sp³-hybridized carbons (Fsp3) is 0.176. The summed E-state index contributed by atoms with van der Waals surface area (Å²) in [6.45, 7) is 5.60. The molecule has 0 saturated heterocycles. The fourth-order valence-electron chi connectivity index (χ4n) is 2.35. The number of hydrogen-bond donors (Lipinski definition) is 1. The molecule has 0 saturated carbocycles. The number of carbonyl (C=O) groups is 1. The molecule has 0 aliphatic rings. The SMILES string of the molecule is Cc1cc(C(=O)Nc2nc(-c3ccc(Br)cc3)c(C)s2)c(C)o1. The van der Waals surface area contributed by atoms with Crippen molar-refractivity contribution in [3.63, 3.8) is 0 Å². The van der Waals surface area contributed by atoms with Gasteiger partial charge in [-0.15, -0.1) is 11.3 Å². The van der Waals surface area contributed by atoms with Crippen LogP contribution in [0.4, 0.5) is 5.13 Å². The van der Waals surface area contributed by atoms with Crippen LogP contribution in [-0.2, 0) is 0 Å². The highest BCUT2D eigenvalue weighted by molar-refractivity contribution is 9.10. The summed E-state index contributed by atoms with van der Waals surface area (Å²) in [6.07, 6.45) is 0. The van der Waals surface area contributed by atoms with Crippen LogP contribution < -0.4 is 5.32 Å². The number of hydrogen-bond acceptors (Lipinski definition) is 4. The molecule has 3 aromatic rings. The molecule has 0 atom stereocenters. The van der Waals surface area contributed by atoms with Crippen molar-refractivity contribution in [2.24, 2.45) is 0 Å². The Labute approximate surface area is 146 Å². The van der Waals surface area contributed by atoms with Crippen LogP contribution in [0.5, 0.6) is 0 Å². The Balaban J connectivity index is 1.85. The van der Waals surface area contributed by atoms with E-state index in [1.807, 2.05) is 38.1 Å². The minimum atomic E-state index is -0.199. The molecular weight excluding hydrogens is 376 g/mol. The van der Waals surface area contributed by atoms with Gasteiger partial charge in [-0.2, -0.15) is 0 Å². The van der Waals surface area contributed by atoms with Crippen molar-refractivity contribution in [2.45, 2.75) is 20.8 Å². The number of aromatic nitrogens is 1. The van der Waals surface area contributed by atoms with Gasteiger partial charge in [-0.05, 0) is 39.0 Å². The van der Waals surface area contributed by atoms with Gasteiger partial charge in [0.15, 0.2) is 5.13 Å². The van der Waals surface area contributed by atoms with E-state index in [-0.39, 0.29) is 5.91 Å². The van der Waals surface area contributed by atoms with E-state index in [0.29, 0.717) is 16.5 Å². The number of benzene rings is 1. The van der Waals surface area contributed by atoms with Crippen molar-refractivity contribution in [3.05, 3.63) is 56.8 Å². The summed E-state index contributed by atoms with van der Waals surface area (Å²) < 4.78 is 6.42. The fourth-order valence-corrected chi connectivity index (χ4v) is 3.44. The molecule has 4 nitrogen and oxygen atoms in total. The van der Waals surface area contributed by atoms with Gasteiger partial charge in [0.2, 0.25) is 0 Å². The Morgan fingerprint density at radius 2 is 1.91 bits per heavy atom. The second-order valence-electron chi connectivity index (χ2n) is 5.21. The number of thiazole rings is 1. The van der Waals surface area contributed by atoms with Crippen molar-refractivity contribution in [2.75, 3.05) is 5.32 Å². The lowest BCUT2D eigenvalue weighted by atomic mass is 10.1. The van der Waals surface area contributed by atoms with Crippen LogP contribution >= 0.6 is 27.3 Å². The molecule has 6 heteroatoms. The molecule has 0 bridgehead atoms. The first-order valence-electron chi connectivity index (χ1n) is 7.06. The predicted molar refractivity (Wildman–Crippen MR) is 96.1 cm³/mol. The molecular formula is C17H15BrN2O2S. The maximum Gasteiger partial charge on any atom is 0.260 e. The molecule has 0 radical (unpaired) electrons. The number of rotatable bonds is 3. The van der Waals surface area contributed by atoms with Crippen LogP contribution in [0.15, 0.2) is 39.2 Å². The minimum absolute atomic E-state index is 0.199. The zero-order chi connectivity index (χ0) is 16.6. The van der Waals surface area contributed by atoms with Gasteiger partial charge in [0, 0.05) is 14.9 Å². The summed E-state index contributed by atoms with van der Waals surface area (Å²) in [5.74, 6) is 1.13. The molecule has 2 aromatic heterocycles. The van der Waals surface area contributed by atoms with Crippen molar-refractivity contribution < 1.29 is 9.21 Å². The van der Waals surface area contributed by atoms with Crippen LogP contribution in [0, 0.1) is 20.8 Å². The third-order valence-electron chi connectivity index (χ3n) is 3.42. The second-order valence-corrected chi connectivity index (χ2v) is 7.33. The van der Waals surface area contributed by atoms with Crippen molar-refractivity contribution >= 4 is 38.3 Å². The topological polar surface area (TPSA) is 55.1 Å². The smallest absolute Gasteiger partial charge is 0.260 e. The third kappa shape index (κ3) is 3.38. The number of carbonyl (C=O) groups excluding carboxylic acids is 1. The average Bonchev–Trinajstić information content (AvgIpc) is 3.02. The Bertz CT molecular complexity index is 865. The number of anilines is 1. The van der Waals surface area contributed by atoms with E-state index in [0.717, 1.165) is 26.4 Å². The minimum Gasteiger partial charge on any atom is -0.466 e. The van der Waals surface area contributed by atoms with Crippen molar-refractivity contribution in [1.82, 2.24) is 4.98 Å². The quantitative estimate of drug-likeness (QED) is 0.656. The second kappa shape index (κ2) is 6.29. The maximum atomic E-state index is 12.3. The van der Waals surface area contributed by atoms with Crippen molar-refractivity contribution in [1.29, 1.82) is 0 Å². The molecule has 1 N–H and O–H groups in total. The van der Waals surface area contributed by atoms with E-state index < -0.39 is 0 Å². The summed E-state index contributed by atoms with van der Waals surface area (Å²) >= 11 is 4.89. The third-order valence-corrected chi connectivity index (χ3v) is 4.84. The highest BCUT2D eigenvalue weighted by Crippen LogP contribution is 2.31. The largest absolute Gasteiger partial charge is 0.466 e. The molecule has 0 fully saturated rings. The zero-order valence-corrected chi connectivity index (χ0v) is 15.3. The van der Waals surface area contributed by atoms with Gasteiger partial charge in [-0.1, -0.05) is 28.1 Å². The lowest BCUT2D eigenvalue weighted by Crippen LogP contribution is -2.11. The normalized spacial score (nSPS) is 10.8. The first kappa shape index (κ1) is 16.0.